The summed E-state index contributed by atoms with van der Waals surface area (Å²) in [5.41, 5.74) is 0.837. The zero-order valence-corrected chi connectivity index (χ0v) is 14.6. The van der Waals surface area contributed by atoms with Crippen molar-refractivity contribution in [2.75, 3.05) is 18.0 Å². The summed E-state index contributed by atoms with van der Waals surface area (Å²) in [6.07, 6.45) is 2.33. The van der Waals surface area contributed by atoms with E-state index in [9.17, 15) is 13.2 Å². The predicted molar refractivity (Wildman–Crippen MR) is 91.8 cm³/mol. The molecule has 1 fully saturated rings. The Morgan fingerprint density at radius 2 is 1.96 bits per heavy atom. The van der Waals surface area contributed by atoms with Crippen LogP contribution in [-0.2, 0) is 6.18 Å². The van der Waals surface area contributed by atoms with Crippen molar-refractivity contribution in [1.29, 1.82) is 0 Å². The maximum atomic E-state index is 12.8. The molecule has 1 aliphatic rings. The molecule has 3 heterocycles. The Morgan fingerprint density at radius 1 is 1.24 bits per heavy atom. The summed E-state index contributed by atoms with van der Waals surface area (Å²) >= 11 is 5.78. The molecule has 134 valence electrons. The van der Waals surface area contributed by atoms with Crippen LogP contribution in [0.25, 0.3) is 0 Å². The van der Waals surface area contributed by atoms with Gasteiger partial charge in [-0.15, -0.1) is 0 Å². The number of alkyl halides is 3. The first-order chi connectivity index (χ1) is 11.9. The molecule has 0 radical (unpaired) electrons. The fraction of sp³-hybridized carbons (Fsp3) is 0.444. The van der Waals surface area contributed by atoms with Crippen molar-refractivity contribution in [1.82, 2.24) is 9.97 Å². The molecule has 1 aliphatic heterocycles. The van der Waals surface area contributed by atoms with Crippen molar-refractivity contribution in [3.63, 3.8) is 0 Å². The summed E-state index contributed by atoms with van der Waals surface area (Å²) in [5, 5.41) is -0.351. The third-order valence-corrected chi connectivity index (χ3v) is 5.21. The van der Waals surface area contributed by atoms with Crippen molar-refractivity contribution in [2.45, 2.75) is 31.9 Å². The minimum Gasteiger partial charge on any atom is -0.370 e. The van der Waals surface area contributed by atoms with Crippen molar-refractivity contribution in [3.05, 3.63) is 53.1 Å². The van der Waals surface area contributed by atoms with Gasteiger partial charge in [0.25, 0.3) is 0 Å². The number of hydrogen-bond donors (Lipinski definition) is 0. The molecule has 0 N–H and O–H groups in total. The van der Waals surface area contributed by atoms with Gasteiger partial charge in [-0.25, -0.2) is 4.98 Å². The lowest BCUT2D eigenvalue weighted by Gasteiger charge is -2.36. The summed E-state index contributed by atoms with van der Waals surface area (Å²) in [6.45, 7) is 3.76. The quantitative estimate of drug-likeness (QED) is 0.747. The number of nitrogens with zero attached hydrogens (tertiary/aromatic N) is 3. The maximum absolute atomic E-state index is 12.8. The van der Waals surface area contributed by atoms with E-state index in [4.69, 9.17) is 11.6 Å². The average molecular weight is 370 g/mol. The van der Waals surface area contributed by atoms with Crippen molar-refractivity contribution >= 4 is 17.3 Å². The SMILES string of the molecule is CC(c1cccnc1)C1CCN(c2cnc(C(F)(F)F)c(Cl)c2)CC1. The van der Waals surface area contributed by atoms with Crippen LogP contribution in [0.4, 0.5) is 18.9 Å². The van der Waals surface area contributed by atoms with Crippen molar-refractivity contribution in [2.24, 2.45) is 5.92 Å². The molecule has 1 saturated heterocycles. The molecule has 0 bridgehead atoms. The second-order valence-corrected chi connectivity index (χ2v) is 6.83. The molecule has 2 aromatic heterocycles. The Kier molecular flexibility index (Phi) is 5.18. The van der Waals surface area contributed by atoms with E-state index in [1.807, 2.05) is 17.2 Å². The normalized spacial score (nSPS) is 17.6. The van der Waals surface area contributed by atoms with Crippen LogP contribution in [0.15, 0.2) is 36.8 Å². The van der Waals surface area contributed by atoms with E-state index < -0.39 is 11.9 Å². The minimum atomic E-state index is -4.53. The largest absolute Gasteiger partial charge is 0.434 e. The lowest BCUT2D eigenvalue weighted by molar-refractivity contribution is -0.141. The van der Waals surface area contributed by atoms with E-state index in [1.54, 1.807) is 6.20 Å². The number of aromatic nitrogens is 2. The second-order valence-electron chi connectivity index (χ2n) is 6.42. The molecule has 2 aromatic rings. The van der Waals surface area contributed by atoms with E-state index in [-0.39, 0.29) is 5.02 Å². The molecular formula is C18H19ClF3N3. The van der Waals surface area contributed by atoms with Gasteiger partial charge >= 0.3 is 6.18 Å². The van der Waals surface area contributed by atoms with Crippen LogP contribution in [0.2, 0.25) is 5.02 Å². The van der Waals surface area contributed by atoms with Crippen LogP contribution in [0, 0.1) is 5.92 Å². The molecule has 7 heteroatoms. The topological polar surface area (TPSA) is 29.0 Å². The Labute approximate surface area is 149 Å². The third kappa shape index (κ3) is 4.06. The zero-order valence-electron chi connectivity index (χ0n) is 13.8. The van der Waals surface area contributed by atoms with Crippen LogP contribution in [0.5, 0.6) is 0 Å². The number of piperidine rings is 1. The Balaban J connectivity index is 1.65. The first-order valence-electron chi connectivity index (χ1n) is 8.24. The fourth-order valence-electron chi connectivity index (χ4n) is 3.38. The minimum absolute atomic E-state index is 0.351. The van der Waals surface area contributed by atoms with E-state index in [2.05, 4.69) is 23.0 Å². The number of pyridine rings is 2. The smallest absolute Gasteiger partial charge is 0.370 e. The van der Waals surface area contributed by atoms with Crippen molar-refractivity contribution < 1.29 is 13.2 Å². The highest BCUT2D eigenvalue weighted by atomic mass is 35.5. The van der Waals surface area contributed by atoms with Gasteiger partial charge in [0.1, 0.15) is 0 Å². The van der Waals surface area contributed by atoms with Gasteiger partial charge < -0.3 is 4.90 Å². The highest BCUT2D eigenvalue weighted by Crippen LogP contribution is 2.37. The highest BCUT2D eigenvalue weighted by Gasteiger charge is 2.35. The molecular weight excluding hydrogens is 351 g/mol. The average Bonchev–Trinajstić information content (AvgIpc) is 2.61. The second kappa shape index (κ2) is 7.20. The predicted octanol–water partition coefficient (Wildman–Crippen LogP) is 5.17. The molecule has 25 heavy (non-hydrogen) atoms. The number of hydrogen-bond acceptors (Lipinski definition) is 3. The number of rotatable bonds is 3. The van der Waals surface area contributed by atoms with Crippen LogP contribution in [0.1, 0.15) is 36.9 Å². The van der Waals surface area contributed by atoms with Gasteiger partial charge in [-0.2, -0.15) is 13.2 Å². The molecule has 3 nitrogen and oxygen atoms in total. The standard InChI is InChI=1S/C18H19ClF3N3/c1-12(14-3-2-6-23-10-14)13-4-7-25(8-5-13)15-9-16(19)17(24-11-15)18(20,21)22/h2-3,6,9-13H,4-5,7-8H2,1H3. The summed E-state index contributed by atoms with van der Waals surface area (Å²) in [7, 11) is 0. The van der Waals surface area contributed by atoms with E-state index in [0.717, 1.165) is 25.9 Å². The zero-order chi connectivity index (χ0) is 18.0. The van der Waals surface area contributed by atoms with E-state index in [0.29, 0.717) is 17.5 Å². The summed E-state index contributed by atoms with van der Waals surface area (Å²) in [6, 6.07) is 5.39. The molecule has 0 saturated carbocycles. The lowest BCUT2D eigenvalue weighted by Crippen LogP contribution is -2.35. The van der Waals surface area contributed by atoms with Crippen molar-refractivity contribution in [3.8, 4) is 0 Å². The monoisotopic (exact) mass is 369 g/mol. The summed E-state index contributed by atoms with van der Waals surface area (Å²) in [4.78, 5) is 9.74. The van der Waals surface area contributed by atoms with Gasteiger partial charge in [0.05, 0.1) is 16.9 Å². The molecule has 0 amide bonds. The van der Waals surface area contributed by atoms with E-state index >= 15 is 0 Å². The van der Waals surface area contributed by atoms with E-state index in [1.165, 1.54) is 17.8 Å². The van der Waals surface area contributed by atoms with Gasteiger partial charge in [0.15, 0.2) is 5.69 Å². The fourth-order valence-corrected chi connectivity index (χ4v) is 3.65. The molecule has 0 spiro atoms. The molecule has 1 unspecified atom stereocenters. The van der Waals surface area contributed by atoms with Gasteiger partial charge in [-0.3, -0.25) is 4.98 Å². The van der Waals surface area contributed by atoms with Gasteiger partial charge in [-0.1, -0.05) is 24.6 Å². The van der Waals surface area contributed by atoms with Crippen LogP contribution >= 0.6 is 11.6 Å². The van der Waals surface area contributed by atoms with Crippen LogP contribution < -0.4 is 4.90 Å². The maximum Gasteiger partial charge on any atom is 0.434 e. The van der Waals surface area contributed by atoms with Gasteiger partial charge in [0, 0.05) is 25.5 Å². The van der Waals surface area contributed by atoms with Gasteiger partial charge in [-0.05, 0) is 42.4 Å². The molecule has 0 aliphatic carbocycles. The Hall–Kier alpha value is -1.82. The number of halogens is 4. The summed E-state index contributed by atoms with van der Waals surface area (Å²) in [5.74, 6) is 0.934. The Bertz CT molecular complexity index is 713. The molecule has 1 atom stereocenters. The van der Waals surface area contributed by atoms with Crippen LogP contribution in [0.3, 0.4) is 0 Å². The molecule has 0 aromatic carbocycles. The lowest BCUT2D eigenvalue weighted by atomic mass is 9.82. The first kappa shape index (κ1) is 18.0. The molecule has 3 rings (SSSR count). The highest BCUT2D eigenvalue weighted by molar-refractivity contribution is 6.31. The summed E-state index contributed by atoms with van der Waals surface area (Å²) < 4.78 is 38.3. The van der Waals surface area contributed by atoms with Crippen LogP contribution in [-0.4, -0.2) is 23.1 Å². The first-order valence-corrected chi connectivity index (χ1v) is 8.61. The number of anilines is 1. The third-order valence-electron chi connectivity index (χ3n) is 4.92. The van der Waals surface area contributed by atoms with Gasteiger partial charge in [0.2, 0.25) is 0 Å². The Morgan fingerprint density at radius 3 is 2.52 bits per heavy atom.